The molecule has 12 heteroatoms. The van der Waals surface area contributed by atoms with Gasteiger partial charge in [0.15, 0.2) is 5.03 Å². The van der Waals surface area contributed by atoms with Gasteiger partial charge in [-0.1, -0.05) is 50.2 Å². The molecule has 3 atom stereocenters. The van der Waals surface area contributed by atoms with Crippen molar-refractivity contribution in [1.82, 2.24) is 28.3 Å². The molecule has 4 aromatic rings. The van der Waals surface area contributed by atoms with Crippen LogP contribution in [-0.4, -0.2) is 79.6 Å². The van der Waals surface area contributed by atoms with Gasteiger partial charge in [0.25, 0.3) is 10.0 Å². The van der Waals surface area contributed by atoms with E-state index in [2.05, 4.69) is 45.2 Å². The highest BCUT2D eigenvalue weighted by Crippen LogP contribution is 2.37. The van der Waals surface area contributed by atoms with E-state index >= 15 is 0 Å². The molecule has 46 heavy (non-hydrogen) atoms. The summed E-state index contributed by atoms with van der Waals surface area (Å²) in [6.07, 6.45) is 7.55. The molecule has 2 aliphatic rings. The Morgan fingerprint density at radius 2 is 1.87 bits per heavy atom. The summed E-state index contributed by atoms with van der Waals surface area (Å²) >= 11 is 0. The number of anilines is 1. The maximum absolute atomic E-state index is 14.5. The zero-order valence-electron chi connectivity index (χ0n) is 26.9. The van der Waals surface area contributed by atoms with Crippen LogP contribution in [0.2, 0.25) is 0 Å². The summed E-state index contributed by atoms with van der Waals surface area (Å²) in [5.41, 5.74) is 5.39. The number of amides is 1. The number of aromatic nitrogens is 4. The Kier molecular flexibility index (Phi) is 8.93. The summed E-state index contributed by atoms with van der Waals surface area (Å²) < 4.78 is 34.3. The molecule has 11 nitrogen and oxygen atoms in total. The van der Waals surface area contributed by atoms with E-state index in [1.807, 2.05) is 49.9 Å². The first-order chi connectivity index (χ1) is 22.0. The lowest BCUT2D eigenvalue weighted by Crippen LogP contribution is -2.54. The molecule has 4 heterocycles. The van der Waals surface area contributed by atoms with Gasteiger partial charge >= 0.3 is 6.09 Å². The number of likely N-dealkylation sites (tertiary alicyclic amines) is 1. The van der Waals surface area contributed by atoms with Crippen molar-refractivity contribution in [2.24, 2.45) is 25.9 Å². The molecule has 2 aliphatic heterocycles. The second kappa shape index (κ2) is 12.9. The largest absolute Gasteiger partial charge is 0.465 e. The minimum Gasteiger partial charge on any atom is -0.465 e. The van der Waals surface area contributed by atoms with Crippen LogP contribution >= 0.6 is 0 Å². The van der Waals surface area contributed by atoms with Crippen LogP contribution in [0.5, 0.6) is 0 Å². The molecule has 1 amide bonds. The normalized spacial score (nSPS) is 20.3. The van der Waals surface area contributed by atoms with E-state index in [1.165, 1.54) is 11.2 Å². The third-order valence-electron chi connectivity index (χ3n) is 9.55. The summed E-state index contributed by atoms with van der Waals surface area (Å²) in [6, 6.07) is 16.2. The van der Waals surface area contributed by atoms with Crippen molar-refractivity contribution in [3.8, 4) is 11.1 Å². The fourth-order valence-corrected chi connectivity index (χ4v) is 8.72. The fraction of sp³-hybridized carbons (Fsp3) is 0.441. The number of imidazole rings is 2. The average molecular weight is 646 g/mol. The predicted molar refractivity (Wildman–Crippen MR) is 177 cm³/mol. The van der Waals surface area contributed by atoms with Crippen molar-refractivity contribution in [1.29, 1.82) is 0 Å². The summed E-state index contributed by atoms with van der Waals surface area (Å²) in [4.78, 5) is 24.4. The monoisotopic (exact) mass is 645 g/mol. The first kappa shape index (κ1) is 31.8. The number of fused-ring (bicyclic) bond motifs is 1. The van der Waals surface area contributed by atoms with E-state index in [0.29, 0.717) is 45.4 Å². The molecule has 0 spiro atoms. The highest BCUT2D eigenvalue weighted by Gasteiger charge is 2.41. The van der Waals surface area contributed by atoms with Gasteiger partial charge in [-0.25, -0.2) is 23.2 Å². The standard InChI is InChI=1S/C34H43N7O4S/c1-24(2)32-14-25(12-13-40(32)34(42)43)18-41(46(44,45)33-21-37(3)23-36-33)29-16-28-15-27(26-8-6-5-7-9-26)10-11-31(28)39(19-29)20-30-17-35-22-38(30)4/h5-11,15,17,21-25,29,32H,12-14,16,18-20H2,1-4H3,(H,42,43). The van der Waals surface area contributed by atoms with Gasteiger partial charge in [0.05, 0.1) is 24.9 Å². The van der Waals surface area contributed by atoms with Gasteiger partial charge in [-0.05, 0) is 59.9 Å². The lowest BCUT2D eigenvalue weighted by Gasteiger charge is -2.44. The van der Waals surface area contributed by atoms with Gasteiger partial charge in [-0.3, -0.25) is 0 Å². The molecule has 244 valence electrons. The first-order valence-electron chi connectivity index (χ1n) is 15.9. The maximum Gasteiger partial charge on any atom is 0.407 e. The quantitative estimate of drug-likeness (QED) is 0.277. The number of hydrogen-bond acceptors (Lipinski definition) is 6. The smallest absolute Gasteiger partial charge is 0.407 e. The van der Waals surface area contributed by atoms with Crippen molar-refractivity contribution < 1.29 is 18.3 Å². The third kappa shape index (κ3) is 6.41. The number of nitrogens with zero attached hydrogens (tertiary/aromatic N) is 7. The maximum atomic E-state index is 14.5. The van der Waals surface area contributed by atoms with E-state index in [0.717, 1.165) is 28.1 Å². The van der Waals surface area contributed by atoms with Gasteiger partial charge in [0, 0.05) is 63.9 Å². The third-order valence-corrected chi connectivity index (χ3v) is 11.4. The lowest BCUT2D eigenvalue weighted by atomic mass is 9.85. The molecule has 2 aromatic heterocycles. The SMILES string of the molecule is CC(C)C1CC(CN(C2Cc3cc(-c4ccccc4)ccc3N(Cc3cncn3C)C2)S(=O)(=O)c2cn(C)cn2)CCN1C(=O)O. The van der Waals surface area contributed by atoms with E-state index in [4.69, 9.17) is 0 Å². The Balaban J connectivity index is 1.39. The molecule has 0 radical (unpaired) electrons. The van der Waals surface area contributed by atoms with Crippen molar-refractivity contribution in [2.75, 3.05) is 24.5 Å². The lowest BCUT2D eigenvalue weighted by molar-refractivity contribution is 0.0644. The number of benzene rings is 2. The second-order valence-electron chi connectivity index (χ2n) is 13.1. The first-order valence-corrected chi connectivity index (χ1v) is 17.3. The van der Waals surface area contributed by atoms with Crippen LogP contribution in [0.15, 0.2) is 78.6 Å². The predicted octanol–water partition coefficient (Wildman–Crippen LogP) is 4.86. The molecule has 0 aliphatic carbocycles. The Hall–Kier alpha value is -4.16. The van der Waals surface area contributed by atoms with Crippen LogP contribution in [0.1, 0.15) is 37.9 Å². The van der Waals surface area contributed by atoms with Crippen LogP contribution < -0.4 is 4.90 Å². The minimum absolute atomic E-state index is 0.00376. The summed E-state index contributed by atoms with van der Waals surface area (Å²) in [6.45, 7) is 5.83. The number of aryl methyl sites for hydroxylation is 2. The minimum atomic E-state index is -3.98. The van der Waals surface area contributed by atoms with Crippen LogP contribution in [0.25, 0.3) is 11.1 Å². The van der Waals surface area contributed by atoms with Crippen molar-refractivity contribution in [3.05, 3.63) is 84.8 Å². The molecule has 1 fully saturated rings. The summed E-state index contributed by atoms with van der Waals surface area (Å²) in [5, 5.41) is 9.89. The zero-order valence-corrected chi connectivity index (χ0v) is 27.7. The molecule has 0 saturated carbocycles. The Morgan fingerprint density at radius 3 is 2.52 bits per heavy atom. The second-order valence-corrected chi connectivity index (χ2v) is 14.9. The summed E-state index contributed by atoms with van der Waals surface area (Å²) in [7, 11) is -0.243. The molecule has 2 aromatic carbocycles. The van der Waals surface area contributed by atoms with Gasteiger partial charge in [0.2, 0.25) is 0 Å². The van der Waals surface area contributed by atoms with Gasteiger partial charge in [-0.15, -0.1) is 0 Å². The molecule has 3 unspecified atom stereocenters. The van der Waals surface area contributed by atoms with E-state index < -0.39 is 16.1 Å². The van der Waals surface area contributed by atoms with Crippen molar-refractivity contribution >= 4 is 21.8 Å². The molecular formula is C34H43N7O4S. The fourth-order valence-electron chi connectivity index (χ4n) is 7.06. The highest BCUT2D eigenvalue weighted by molar-refractivity contribution is 7.89. The number of carbonyl (C=O) groups is 1. The van der Waals surface area contributed by atoms with Crippen LogP contribution in [0.4, 0.5) is 10.5 Å². The number of hydrogen-bond donors (Lipinski definition) is 1. The number of piperidine rings is 1. The number of sulfonamides is 1. The van der Waals surface area contributed by atoms with Gasteiger partial charge < -0.3 is 24.0 Å². The van der Waals surface area contributed by atoms with E-state index in [9.17, 15) is 18.3 Å². The molecule has 1 saturated heterocycles. The topological polar surface area (TPSA) is 117 Å². The van der Waals surface area contributed by atoms with Gasteiger partial charge in [0.1, 0.15) is 0 Å². The zero-order chi connectivity index (χ0) is 32.6. The molecular weight excluding hydrogens is 602 g/mol. The van der Waals surface area contributed by atoms with Crippen molar-refractivity contribution in [3.63, 3.8) is 0 Å². The van der Waals surface area contributed by atoms with Crippen LogP contribution in [0.3, 0.4) is 0 Å². The van der Waals surface area contributed by atoms with Crippen molar-refractivity contribution in [2.45, 2.75) is 56.8 Å². The van der Waals surface area contributed by atoms with Gasteiger partial charge in [-0.2, -0.15) is 4.31 Å². The Bertz CT molecular complexity index is 1790. The number of carboxylic acid groups (broad SMARTS) is 1. The Morgan fingerprint density at radius 1 is 1.09 bits per heavy atom. The van der Waals surface area contributed by atoms with E-state index in [-0.39, 0.29) is 28.9 Å². The average Bonchev–Trinajstić information content (AvgIpc) is 3.67. The van der Waals surface area contributed by atoms with Crippen LogP contribution in [-0.2, 0) is 37.1 Å². The molecule has 0 bridgehead atoms. The Labute approximate surface area is 271 Å². The van der Waals surface area contributed by atoms with Crippen LogP contribution in [0, 0.1) is 11.8 Å². The number of rotatable bonds is 9. The summed E-state index contributed by atoms with van der Waals surface area (Å²) in [5.74, 6) is 0.121. The van der Waals surface area contributed by atoms with E-state index in [1.54, 1.807) is 28.4 Å². The molecule has 6 rings (SSSR count). The highest BCUT2D eigenvalue weighted by atomic mass is 32.2. The molecule has 1 N–H and O–H groups in total.